The number of carbonyl (C=O) groups is 2. The van der Waals surface area contributed by atoms with Crippen molar-refractivity contribution in [3.63, 3.8) is 0 Å². The predicted molar refractivity (Wildman–Crippen MR) is 82.5 cm³/mol. The number of quaternary nitrogens is 1. The molecule has 0 spiro atoms. The van der Waals surface area contributed by atoms with Gasteiger partial charge in [-0.05, 0) is 32.4 Å². The molecule has 1 saturated heterocycles. The molecule has 0 bridgehead atoms. The first kappa shape index (κ1) is 18.4. The molecule has 24 heavy (non-hydrogen) atoms. The van der Waals surface area contributed by atoms with Gasteiger partial charge in [0.25, 0.3) is 5.91 Å². The van der Waals surface area contributed by atoms with Gasteiger partial charge in [-0.15, -0.1) is 0 Å². The van der Waals surface area contributed by atoms with Gasteiger partial charge in [-0.1, -0.05) is 12.1 Å². The van der Waals surface area contributed by atoms with Crippen LogP contribution in [0.3, 0.4) is 0 Å². The second kappa shape index (κ2) is 6.20. The molecule has 0 saturated carbocycles. The number of primary amides is 1. The third-order valence-electron chi connectivity index (χ3n) is 5.09. The van der Waals surface area contributed by atoms with Crippen molar-refractivity contribution >= 4 is 11.8 Å². The van der Waals surface area contributed by atoms with Crippen molar-refractivity contribution < 1.29 is 27.2 Å². The minimum absolute atomic E-state index is 0.0415. The number of nitrogens with two attached hydrogens (primary N) is 1. The first-order chi connectivity index (χ1) is 11.0. The third-order valence-corrected chi connectivity index (χ3v) is 5.09. The van der Waals surface area contributed by atoms with Crippen LogP contribution in [0.15, 0.2) is 18.2 Å². The summed E-state index contributed by atoms with van der Waals surface area (Å²) in [7, 11) is 0. The summed E-state index contributed by atoms with van der Waals surface area (Å²) in [5.74, 6) is -0.732. The summed E-state index contributed by atoms with van der Waals surface area (Å²) in [4.78, 5) is 24.4. The number of benzene rings is 1. The van der Waals surface area contributed by atoms with Gasteiger partial charge >= 0.3 is 12.1 Å². The van der Waals surface area contributed by atoms with E-state index < -0.39 is 23.7 Å². The molecule has 1 heterocycles. The number of likely N-dealkylation sites (tertiary alicyclic amines) is 1. The van der Waals surface area contributed by atoms with Crippen LogP contribution in [0, 0.1) is 6.92 Å². The third kappa shape index (κ3) is 2.92. The molecule has 2 N–H and O–H groups in total. The van der Waals surface area contributed by atoms with E-state index in [9.17, 15) is 22.8 Å². The highest BCUT2D eigenvalue weighted by Gasteiger charge is 2.54. The number of nitrogens with zero attached hydrogens (tertiary/aromatic N) is 1. The van der Waals surface area contributed by atoms with E-state index >= 15 is 0 Å². The van der Waals surface area contributed by atoms with Crippen molar-refractivity contribution in [3.05, 3.63) is 34.9 Å². The van der Waals surface area contributed by atoms with Crippen molar-refractivity contribution in [2.45, 2.75) is 58.4 Å². The summed E-state index contributed by atoms with van der Waals surface area (Å²) in [6.07, 6.45) is -3.91. The molecule has 132 valence electrons. The number of carbonyl (C=O) groups excluding carboxylic acids is 2. The summed E-state index contributed by atoms with van der Waals surface area (Å²) in [5, 5.41) is 0. The maximum Gasteiger partial charge on any atom is 0.416 e. The van der Waals surface area contributed by atoms with Gasteiger partial charge in [0.1, 0.15) is 6.54 Å². The van der Waals surface area contributed by atoms with Crippen LogP contribution in [-0.2, 0) is 22.3 Å². The minimum atomic E-state index is -4.46. The lowest BCUT2D eigenvalue weighted by molar-refractivity contribution is -0.895. The maximum absolute atomic E-state index is 13.1. The van der Waals surface area contributed by atoms with Gasteiger partial charge in [0.05, 0.1) is 18.0 Å². The van der Waals surface area contributed by atoms with E-state index in [1.165, 1.54) is 13.0 Å². The van der Waals surface area contributed by atoms with E-state index in [1.54, 1.807) is 19.9 Å². The molecule has 1 aliphatic heterocycles. The summed E-state index contributed by atoms with van der Waals surface area (Å²) < 4.78 is 39.2. The molecule has 2 amide bonds. The van der Waals surface area contributed by atoms with Gasteiger partial charge in [-0.2, -0.15) is 13.2 Å². The fourth-order valence-corrected chi connectivity index (χ4v) is 3.71. The Morgan fingerprint density at radius 2 is 2.00 bits per heavy atom. The standard InChI is InChI=1S/C17H21F3N2O2/c1-10(2)22(14(16(21)24)7-8-15(22)23)9-12-5-4-6-13(11(12)3)17(18,19)20/h4-6,10,14H,7-9H2,1-3H3,(H-,21,24)/p+1/t14-,22?/m0/s1. The molecule has 4 nitrogen and oxygen atoms in total. The van der Waals surface area contributed by atoms with Crippen molar-refractivity contribution in [2.75, 3.05) is 0 Å². The van der Waals surface area contributed by atoms with E-state index in [0.29, 0.717) is 12.0 Å². The smallest absolute Gasteiger partial charge is 0.364 e. The van der Waals surface area contributed by atoms with Crippen LogP contribution in [0.4, 0.5) is 13.2 Å². The second-order valence-corrected chi connectivity index (χ2v) is 6.62. The summed E-state index contributed by atoms with van der Waals surface area (Å²) >= 11 is 0. The first-order valence-corrected chi connectivity index (χ1v) is 7.87. The molecule has 2 rings (SSSR count). The van der Waals surface area contributed by atoms with Gasteiger partial charge in [-0.3, -0.25) is 4.79 Å². The fraction of sp³-hybridized carbons (Fsp3) is 0.529. The molecule has 2 atom stereocenters. The van der Waals surface area contributed by atoms with Crippen LogP contribution in [0.2, 0.25) is 0 Å². The molecule has 7 heteroatoms. The highest BCUT2D eigenvalue weighted by molar-refractivity contribution is 5.85. The van der Waals surface area contributed by atoms with Gasteiger partial charge in [0.2, 0.25) is 0 Å². The highest BCUT2D eigenvalue weighted by Crippen LogP contribution is 2.38. The number of alkyl halides is 3. The predicted octanol–water partition coefficient (Wildman–Crippen LogP) is 2.91. The van der Waals surface area contributed by atoms with Gasteiger partial charge in [0, 0.05) is 12.0 Å². The average Bonchev–Trinajstić information content (AvgIpc) is 2.78. The average molecular weight is 343 g/mol. The first-order valence-electron chi connectivity index (χ1n) is 7.87. The van der Waals surface area contributed by atoms with E-state index in [-0.39, 0.29) is 35.0 Å². The zero-order chi connectivity index (χ0) is 18.3. The molecule has 0 aliphatic carbocycles. The van der Waals surface area contributed by atoms with Crippen molar-refractivity contribution in [2.24, 2.45) is 5.73 Å². The summed E-state index contributed by atoms with van der Waals surface area (Å²) in [6.45, 7) is 5.03. The number of halogens is 3. The molecule has 1 aromatic rings. The van der Waals surface area contributed by atoms with E-state index in [1.807, 2.05) is 0 Å². The normalized spacial score (nSPS) is 24.6. The van der Waals surface area contributed by atoms with Crippen LogP contribution in [0.25, 0.3) is 0 Å². The molecular weight excluding hydrogens is 321 g/mol. The Morgan fingerprint density at radius 3 is 2.50 bits per heavy atom. The van der Waals surface area contributed by atoms with Crippen LogP contribution in [-0.4, -0.2) is 28.4 Å². The summed E-state index contributed by atoms with van der Waals surface area (Å²) in [6, 6.07) is 2.98. The quantitative estimate of drug-likeness (QED) is 0.855. The van der Waals surface area contributed by atoms with Crippen LogP contribution < -0.4 is 5.73 Å². The lowest BCUT2D eigenvalue weighted by atomic mass is 9.99. The lowest BCUT2D eigenvalue weighted by Gasteiger charge is -2.40. The van der Waals surface area contributed by atoms with Crippen molar-refractivity contribution in [1.82, 2.24) is 0 Å². The highest BCUT2D eigenvalue weighted by atomic mass is 19.4. The van der Waals surface area contributed by atoms with Crippen molar-refractivity contribution in [1.29, 1.82) is 0 Å². The van der Waals surface area contributed by atoms with Gasteiger partial charge in [-0.25, -0.2) is 9.28 Å². The number of hydrogen-bond acceptors (Lipinski definition) is 2. The zero-order valence-electron chi connectivity index (χ0n) is 14.0. The Balaban J connectivity index is 2.54. The molecular formula is C17H22F3N2O2+. The lowest BCUT2D eigenvalue weighted by Crippen LogP contribution is -2.62. The number of hydrogen-bond donors (Lipinski definition) is 1. The SMILES string of the molecule is Cc1c(C[N+]2(C(C)C)C(=O)CC[C@H]2C(N)=O)cccc1C(F)(F)F. The molecule has 0 radical (unpaired) electrons. The molecule has 1 fully saturated rings. The number of amides is 2. The maximum atomic E-state index is 13.1. The van der Waals surface area contributed by atoms with Crippen LogP contribution in [0.1, 0.15) is 43.4 Å². The van der Waals surface area contributed by atoms with E-state index in [4.69, 9.17) is 5.73 Å². The second-order valence-electron chi connectivity index (χ2n) is 6.62. The molecule has 0 aromatic heterocycles. The minimum Gasteiger partial charge on any atom is -0.364 e. The molecule has 1 aliphatic rings. The van der Waals surface area contributed by atoms with Gasteiger partial charge < -0.3 is 5.73 Å². The van der Waals surface area contributed by atoms with Gasteiger partial charge in [0.15, 0.2) is 6.04 Å². The number of rotatable bonds is 4. The molecule has 1 unspecified atom stereocenters. The fourth-order valence-electron chi connectivity index (χ4n) is 3.71. The largest absolute Gasteiger partial charge is 0.416 e. The Hall–Kier alpha value is -1.89. The van der Waals surface area contributed by atoms with Crippen molar-refractivity contribution in [3.8, 4) is 0 Å². The van der Waals surface area contributed by atoms with E-state index in [2.05, 4.69) is 0 Å². The Labute approximate surface area is 139 Å². The summed E-state index contributed by atoms with van der Waals surface area (Å²) in [5.41, 5.74) is 5.26. The van der Waals surface area contributed by atoms with E-state index in [0.717, 1.165) is 6.07 Å². The monoisotopic (exact) mass is 343 g/mol. The van der Waals surface area contributed by atoms with Crippen LogP contribution >= 0.6 is 0 Å². The van der Waals surface area contributed by atoms with Crippen LogP contribution in [0.5, 0.6) is 0 Å². The topological polar surface area (TPSA) is 60.2 Å². The Bertz CT molecular complexity index is 670. The molecule has 1 aromatic carbocycles. The Morgan fingerprint density at radius 1 is 1.38 bits per heavy atom. The zero-order valence-corrected chi connectivity index (χ0v) is 14.0. The Kier molecular flexibility index (Phi) is 4.77.